The van der Waals surface area contributed by atoms with Crippen LogP contribution in [0.2, 0.25) is 0 Å². The summed E-state index contributed by atoms with van der Waals surface area (Å²) >= 11 is 3.32. The van der Waals surface area contributed by atoms with Crippen LogP contribution in [0.3, 0.4) is 0 Å². The number of amides is 1. The van der Waals surface area contributed by atoms with E-state index in [0.717, 1.165) is 4.47 Å². The third-order valence-corrected chi connectivity index (χ3v) is 3.86. The minimum atomic E-state index is -0.349. The summed E-state index contributed by atoms with van der Waals surface area (Å²) in [4.78, 5) is 12.2. The highest BCUT2D eigenvalue weighted by Gasteiger charge is 2.16. The van der Waals surface area contributed by atoms with Crippen molar-refractivity contribution in [1.29, 1.82) is 0 Å². The summed E-state index contributed by atoms with van der Waals surface area (Å²) in [5.41, 5.74) is 1.06. The second-order valence-electron chi connectivity index (χ2n) is 4.94. The molecule has 1 amide bonds. The van der Waals surface area contributed by atoms with Gasteiger partial charge in [0.1, 0.15) is 11.5 Å². The summed E-state index contributed by atoms with van der Waals surface area (Å²) in [6, 6.07) is 12.2. The van der Waals surface area contributed by atoms with Crippen molar-refractivity contribution in [3.8, 4) is 23.0 Å². The number of carbonyl (C=O) groups excluding carboxylic acids is 1. The Balaban J connectivity index is 1.82. The number of carbonyl (C=O) groups is 1. The van der Waals surface area contributed by atoms with Gasteiger partial charge in [0, 0.05) is 16.1 Å². The lowest BCUT2D eigenvalue weighted by Gasteiger charge is -2.07. The molecule has 0 atom stereocenters. The molecule has 0 aliphatic rings. The Morgan fingerprint density at radius 1 is 1.12 bits per heavy atom. The maximum atomic E-state index is 12.2. The second kappa shape index (κ2) is 7.35. The first-order chi connectivity index (χ1) is 12.1. The van der Waals surface area contributed by atoms with Crippen molar-refractivity contribution in [2.45, 2.75) is 0 Å². The third-order valence-electron chi connectivity index (χ3n) is 3.37. The molecule has 3 rings (SSSR count). The van der Waals surface area contributed by atoms with Gasteiger partial charge < -0.3 is 13.9 Å². The summed E-state index contributed by atoms with van der Waals surface area (Å²) in [5.74, 6) is 1.04. The van der Waals surface area contributed by atoms with Crippen LogP contribution in [0.4, 0.5) is 6.01 Å². The molecule has 0 saturated heterocycles. The van der Waals surface area contributed by atoms with Crippen molar-refractivity contribution in [2.75, 3.05) is 19.5 Å². The minimum absolute atomic E-state index is 0.00199. The molecular weight excluding hydrogens is 390 g/mol. The molecule has 1 aromatic heterocycles. The highest BCUT2D eigenvalue weighted by molar-refractivity contribution is 9.10. The molecule has 1 heterocycles. The van der Waals surface area contributed by atoms with Crippen LogP contribution in [0.5, 0.6) is 11.5 Å². The number of nitrogens with zero attached hydrogens (tertiary/aromatic N) is 2. The predicted molar refractivity (Wildman–Crippen MR) is 94.9 cm³/mol. The predicted octanol–water partition coefficient (Wildman–Crippen LogP) is 3.77. The summed E-state index contributed by atoms with van der Waals surface area (Å²) in [5, 5.41) is 10.4. The zero-order chi connectivity index (χ0) is 17.8. The average molecular weight is 404 g/mol. The maximum Gasteiger partial charge on any atom is 0.322 e. The van der Waals surface area contributed by atoms with Crippen molar-refractivity contribution in [3.05, 3.63) is 52.5 Å². The normalized spacial score (nSPS) is 10.4. The van der Waals surface area contributed by atoms with E-state index in [2.05, 4.69) is 31.4 Å². The van der Waals surface area contributed by atoms with Crippen molar-refractivity contribution in [1.82, 2.24) is 10.2 Å². The number of ether oxygens (including phenoxy) is 2. The Labute approximate surface area is 152 Å². The van der Waals surface area contributed by atoms with Gasteiger partial charge in [-0.15, -0.1) is 5.10 Å². The zero-order valence-electron chi connectivity index (χ0n) is 13.4. The first-order valence-corrected chi connectivity index (χ1v) is 8.03. The lowest BCUT2D eigenvalue weighted by atomic mass is 10.2. The molecule has 0 aliphatic heterocycles. The molecule has 128 valence electrons. The van der Waals surface area contributed by atoms with Gasteiger partial charge in [0.2, 0.25) is 0 Å². The molecule has 2 aromatic carbocycles. The topological polar surface area (TPSA) is 86.5 Å². The molecule has 0 spiro atoms. The van der Waals surface area contributed by atoms with Crippen LogP contribution < -0.4 is 14.8 Å². The van der Waals surface area contributed by atoms with Gasteiger partial charge >= 0.3 is 6.01 Å². The SMILES string of the molecule is COc1ccc(-c2nnc(NC(=O)c3cccc(Br)c3)o2)c(OC)c1. The van der Waals surface area contributed by atoms with Gasteiger partial charge in [0.15, 0.2) is 0 Å². The van der Waals surface area contributed by atoms with Crippen LogP contribution >= 0.6 is 15.9 Å². The van der Waals surface area contributed by atoms with E-state index in [1.807, 2.05) is 6.07 Å². The Morgan fingerprint density at radius 3 is 2.68 bits per heavy atom. The Kier molecular flexibility index (Phi) is 4.99. The molecule has 8 heteroatoms. The highest BCUT2D eigenvalue weighted by atomic mass is 79.9. The fourth-order valence-electron chi connectivity index (χ4n) is 2.16. The molecule has 0 unspecified atom stereocenters. The standard InChI is InChI=1S/C17H14BrN3O4/c1-23-12-6-7-13(14(9-12)24-2)16-20-21-17(25-16)19-15(22)10-4-3-5-11(18)8-10/h3-9H,1-2H3,(H,19,21,22). The molecule has 25 heavy (non-hydrogen) atoms. The van der Waals surface area contributed by atoms with Crippen molar-refractivity contribution in [3.63, 3.8) is 0 Å². The van der Waals surface area contributed by atoms with Crippen LogP contribution in [0, 0.1) is 0 Å². The van der Waals surface area contributed by atoms with Crippen LogP contribution in [0.25, 0.3) is 11.5 Å². The third kappa shape index (κ3) is 3.80. The number of rotatable bonds is 5. The van der Waals surface area contributed by atoms with Gasteiger partial charge in [0.05, 0.1) is 19.8 Å². The van der Waals surface area contributed by atoms with Crippen molar-refractivity contribution < 1.29 is 18.7 Å². The van der Waals surface area contributed by atoms with Crippen LogP contribution in [-0.2, 0) is 0 Å². The van der Waals surface area contributed by atoms with Crippen molar-refractivity contribution in [2.24, 2.45) is 0 Å². The number of anilines is 1. The summed E-state index contributed by atoms with van der Waals surface area (Å²) in [7, 11) is 3.10. The van der Waals surface area contributed by atoms with E-state index in [4.69, 9.17) is 13.9 Å². The lowest BCUT2D eigenvalue weighted by molar-refractivity contribution is 0.102. The first-order valence-electron chi connectivity index (χ1n) is 7.23. The largest absolute Gasteiger partial charge is 0.497 e. The van der Waals surface area contributed by atoms with Crippen LogP contribution in [0.1, 0.15) is 10.4 Å². The minimum Gasteiger partial charge on any atom is -0.497 e. The molecular formula is C17H14BrN3O4. The molecule has 0 fully saturated rings. The van der Waals surface area contributed by atoms with Gasteiger partial charge in [0.25, 0.3) is 11.8 Å². The van der Waals surface area contributed by atoms with E-state index in [-0.39, 0.29) is 17.8 Å². The van der Waals surface area contributed by atoms with E-state index in [1.54, 1.807) is 43.5 Å². The number of hydrogen-bond acceptors (Lipinski definition) is 6. The summed E-state index contributed by atoms with van der Waals surface area (Å²) < 4.78 is 16.8. The molecule has 0 saturated carbocycles. The smallest absolute Gasteiger partial charge is 0.322 e. The number of benzene rings is 2. The van der Waals surface area contributed by atoms with E-state index in [1.165, 1.54) is 7.11 Å². The van der Waals surface area contributed by atoms with Gasteiger partial charge in [-0.05, 0) is 30.3 Å². The number of halogens is 1. The molecule has 0 radical (unpaired) electrons. The number of nitrogens with one attached hydrogen (secondary N) is 1. The fourth-order valence-corrected chi connectivity index (χ4v) is 2.56. The Bertz CT molecular complexity index is 910. The van der Waals surface area contributed by atoms with Crippen LogP contribution in [-0.4, -0.2) is 30.3 Å². The fraction of sp³-hybridized carbons (Fsp3) is 0.118. The number of aromatic nitrogens is 2. The lowest BCUT2D eigenvalue weighted by Crippen LogP contribution is -2.11. The molecule has 0 aliphatic carbocycles. The molecule has 1 N–H and O–H groups in total. The summed E-state index contributed by atoms with van der Waals surface area (Å²) in [6.45, 7) is 0. The average Bonchev–Trinajstić information content (AvgIpc) is 3.09. The van der Waals surface area contributed by atoms with Gasteiger partial charge in [-0.1, -0.05) is 27.1 Å². The van der Waals surface area contributed by atoms with E-state index < -0.39 is 0 Å². The molecule has 7 nitrogen and oxygen atoms in total. The quantitative estimate of drug-likeness (QED) is 0.697. The number of methoxy groups -OCH3 is 2. The summed E-state index contributed by atoms with van der Waals surface area (Å²) in [6.07, 6.45) is 0. The Morgan fingerprint density at radius 2 is 1.96 bits per heavy atom. The van der Waals surface area contributed by atoms with Crippen LogP contribution in [0.15, 0.2) is 51.4 Å². The van der Waals surface area contributed by atoms with Gasteiger partial charge in [-0.3, -0.25) is 10.1 Å². The number of hydrogen-bond donors (Lipinski definition) is 1. The van der Waals surface area contributed by atoms with E-state index in [0.29, 0.717) is 22.6 Å². The highest BCUT2D eigenvalue weighted by Crippen LogP contribution is 2.33. The monoisotopic (exact) mass is 403 g/mol. The van der Waals surface area contributed by atoms with E-state index >= 15 is 0 Å². The zero-order valence-corrected chi connectivity index (χ0v) is 15.0. The Hall–Kier alpha value is -2.87. The maximum absolute atomic E-state index is 12.2. The molecule has 3 aromatic rings. The van der Waals surface area contributed by atoms with E-state index in [9.17, 15) is 4.79 Å². The molecule has 0 bridgehead atoms. The first kappa shape index (κ1) is 17.0. The van der Waals surface area contributed by atoms with Gasteiger partial charge in [-0.25, -0.2) is 0 Å². The van der Waals surface area contributed by atoms with Crippen molar-refractivity contribution >= 4 is 27.9 Å². The van der Waals surface area contributed by atoms with Gasteiger partial charge in [-0.2, -0.15) is 0 Å². The second-order valence-corrected chi connectivity index (χ2v) is 5.86.